The molecule has 3 heterocycles. The van der Waals surface area contributed by atoms with Gasteiger partial charge in [0.05, 0.1) is 30.3 Å². The van der Waals surface area contributed by atoms with Crippen LogP contribution in [0.2, 0.25) is 0 Å². The van der Waals surface area contributed by atoms with Gasteiger partial charge in [-0.05, 0) is 24.3 Å². The van der Waals surface area contributed by atoms with Gasteiger partial charge in [-0.3, -0.25) is 14.5 Å². The minimum Gasteiger partial charge on any atom is -0.467 e. The average molecular weight is 392 g/mol. The predicted molar refractivity (Wildman–Crippen MR) is 111 cm³/mol. The molecule has 1 aliphatic heterocycles. The molecule has 1 amide bonds. The van der Waals surface area contributed by atoms with Crippen LogP contribution >= 0.6 is 0 Å². The maximum atomic E-state index is 12.3. The van der Waals surface area contributed by atoms with E-state index in [1.165, 1.54) is 0 Å². The van der Waals surface area contributed by atoms with Crippen LogP contribution in [0.3, 0.4) is 0 Å². The lowest BCUT2D eigenvalue weighted by Gasteiger charge is -2.28. The summed E-state index contributed by atoms with van der Waals surface area (Å²) < 4.78 is 7.34. The lowest BCUT2D eigenvalue weighted by atomic mass is 10.1. The van der Waals surface area contributed by atoms with Crippen LogP contribution in [0.5, 0.6) is 0 Å². The number of para-hydroxylation sites is 1. The van der Waals surface area contributed by atoms with Gasteiger partial charge in [-0.25, -0.2) is 0 Å². The Bertz CT molecular complexity index is 1100. The molecular formula is C22H24N4O3. The molecule has 7 heteroatoms. The summed E-state index contributed by atoms with van der Waals surface area (Å²) in [4.78, 5) is 30.9. The number of carbonyl (C=O) groups excluding carboxylic acids is 1. The van der Waals surface area contributed by atoms with Crippen LogP contribution in [0.1, 0.15) is 24.9 Å². The highest BCUT2D eigenvalue weighted by Crippen LogP contribution is 2.22. The molecular weight excluding hydrogens is 368 g/mol. The molecule has 7 nitrogen and oxygen atoms in total. The largest absolute Gasteiger partial charge is 0.467 e. The summed E-state index contributed by atoms with van der Waals surface area (Å²) in [6, 6.07) is 11.2. The molecule has 0 bridgehead atoms. The molecule has 0 aliphatic carbocycles. The van der Waals surface area contributed by atoms with Crippen molar-refractivity contribution in [2.45, 2.75) is 26.3 Å². The molecule has 1 N–H and O–H groups in total. The summed E-state index contributed by atoms with van der Waals surface area (Å²) in [5.74, 6) is 1.48. The summed E-state index contributed by atoms with van der Waals surface area (Å²) >= 11 is 0. The first-order valence-electron chi connectivity index (χ1n) is 9.87. The summed E-state index contributed by atoms with van der Waals surface area (Å²) in [6.07, 6.45) is 5.18. The zero-order chi connectivity index (χ0) is 20.2. The molecule has 0 saturated carbocycles. The van der Waals surface area contributed by atoms with Crippen LogP contribution in [0.25, 0.3) is 16.6 Å². The van der Waals surface area contributed by atoms with Crippen molar-refractivity contribution in [2.75, 3.05) is 19.6 Å². The molecule has 2 aromatic heterocycles. The molecule has 4 rings (SSSR count). The number of carbonyl (C=O) groups is 1. The summed E-state index contributed by atoms with van der Waals surface area (Å²) in [6.45, 7) is 4.19. The van der Waals surface area contributed by atoms with Gasteiger partial charge in [-0.1, -0.05) is 25.1 Å². The number of benzene rings is 1. The van der Waals surface area contributed by atoms with E-state index in [0.29, 0.717) is 31.4 Å². The molecule has 3 aromatic rings. The van der Waals surface area contributed by atoms with Crippen LogP contribution in [0, 0.1) is 0 Å². The number of furan rings is 1. The second kappa shape index (κ2) is 8.45. The second-order valence-electron chi connectivity index (χ2n) is 7.08. The SMILES string of the molecule is CCc1nc(=O)c2ccccc2n1C1=CCN(CC(=O)NCc2ccco2)CC1. The molecule has 0 radical (unpaired) electrons. The fraction of sp³-hybridized carbons (Fsp3) is 0.318. The van der Waals surface area contributed by atoms with Crippen molar-refractivity contribution in [3.05, 3.63) is 70.7 Å². The highest BCUT2D eigenvalue weighted by Gasteiger charge is 2.19. The van der Waals surface area contributed by atoms with Crippen molar-refractivity contribution in [1.29, 1.82) is 0 Å². The Morgan fingerprint density at radius 2 is 2.10 bits per heavy atom. The minimum atomic E-state index is -0.181. The standard InChI is InChI=1S/C22H24N4O3/c1-2-20-24-22(28)18-7-3-4-8-19(18)26(20)16-9-11-25(12-10-16)15-21(27)23-14-17-6-5-13-29-17/h3-9,13H,2,10-12,14-15H2,1H3,(H,23,27). The Hall–Kier alpha value is -3.19. The van der Waals surface area contributed by atoms with Crippen molar-refractivity contribution >= 4 is 22.5 Å². The number of aryl methyl sites for hydroxylation is 1. The highest BCUT2D eigenvalue weighted by molar-refractivity contribution is 5.82. The van der Waals surface area contributed by atoms with Crippen LogP contribution < -0.4 is 10.9 Å². The van der Waals surface area contributed by atoms with Crippen LogP contribution in [-0.4, -0.2) is 40.0 Å². The van der Waals surface area contributed by atoms with E-state index in [1.54, 1.807) is 12.3 Å². The van der Waals surface area contributed by atoms with Crippen LogP contribution in [0.4, 0.5) is 0 Å². The van der Waals surface area contributed by atoms with E-state index in [-0.39, 0.29) is 11.5 Å². The molecule has 1 aromatic carbocycles. The average Bonchev–Trinajstić information content (AvgIpc) is 3.27. The fourth-order valence-corrected chi connectivity index (χ4v) is 3.68. The minimum absolute atomic E-state index is 0.0250. The van der Waals surface area contributed by atoms with Gasteiger partial charge in [0, 0.05) is 31.6 Å². The third-order valence-corrected chi connectivity index (χ3v) is 5.14. The fourth-order valence-electron chi connectivity index (χ4n) is 3.68. The molecule has 0 saturated heterocycles. The molecule has 1 aliphatic rings. The van der Waals surface area contributed by atoms with Gasteiger partial charge >= 0.3 is 0 Å². The van der Waals surface area contributed by atoms with Crippen molar-refractivity contribution in [3.63, 3.8) is 0 Å². The van der Waals surface area contributed by atoms with Gasteiger partial charge < -0.3 is 14.3 Å². The van der Waals surface area contributed by atoms with Crippen molar-refractivity contribution in [2.24, 2.45) is 0 Å². The van der Waals surface area contributed by atoms with Crippen molar-refractivity contribution in [3.8, 4) is 0 Å². The van der Waals surface area contributed by atoms with Gasteiger partial charge in [0.25, 0.3) is 5.56 Å². The number of nitrogens with zero attached hydrogens (tertiary/aromatic N) is 3. The van der Waals surface area contributed by atoms with E-state index < -0.39 is 0 Å². The number of hydrogen-bond acceptors (Lipinski definition) is 5. The monoisotopic (exact) mass is 392 g/mol. The van der Waals surface area contributed by atoms with Gasteiger partial charge in [-0.2, -0.15) is 4.98 Å². The van der Waals surface area contributed by atoms with E-state index in [2.05, 4.69) is 25.8 Å². The zero-order valence-corrected chi connectivity index (χ0v) is 16.4. The summed E-state index contributed by atoms with van der Waals surface area (Å²) in [5, 5.41) is 3.51. The number of nitrogens with one attached hydrogen (secondary N) is 1. The smallest absolute Gasteiger partial charge is 0.280 e. The van der Waals surface area contributed by atoms with Gasteiger partial charge in [0.2, 0.25) is 5.91 Å². The van der Waals surface area contributed by atoms with Crippen LogP contribution in [-0.2, 0) is 17.8 Å². The van der Waals surface area contributed by atoms with E-state index in [4.69, 9.17) is 4.42 Å². The quantitative estimate of drug-likeness (QED) is 0.697. The zero-order valence-electron chi connectivity index (χ0n) is 16.4. The number of fused-ring (bicyclic) bond motifs is 1. The molecule has 0 fully saturated rings. The normalized spacial score (nSPS) is 14.7. The first kappa shape index (κ1) is 19.1. The van der Waals surface area contributed by atoms with Crippen molar-refractivity contribution in [1.82, 2.24) is 19.8 Å². The highest BCUT2D eigenvalue weighted by atomic mass is 16.3. The second-order valence-corrected chi connectivity index (χ2v) is 7.08. The van der Waals surface area contributed by atoms with E-state index >= 15 is 0 Å². The van der Waals surface area contributed by atoms with E-state index in [9.17, 15) is 9.59 Å². The Balaban J connectivity index is 1.48. The topological polar surface area (TPSA) is 80.4 Å². The first-order valence-corrected chi connectivity index (χ1v) is 9.87. The van der Waals surface area contributed by atoms with Gasteiger partial charge in [-0.15, -0.1) is 0 Å². The van der Waals surface area contributed by atoms with Crippen LogP contribution in [0.15, 0.2) is 57.9 Å². The van der Waals surface area contributed by atoms with E-state index in [1.807, 2.05) is 37.3 Å². The lowest BCUT2D eigenvalue weighted by molar-refractivity contribution is -0.122. The van der Waals surface area contributed by atoms with Crippen molar-refractivity contribution < 1.29 is 9.21 Å². The predicted octanol–water partition coefficient (Wildman–Crippen LogP) is 2.41. The number of amides is 1. The molecule has 150 valence electrons. The molecule has 29 heavy (non-hydrogen) atoms. The molecule has 0 spiro atoms. The van der Waals surface area contributed by atoms with Gasteiger partial charge in [0.1, 0.15) is 11.6 Å². The Morgan fingerprint density at radius 1 is 1.24 bits per heavy atom. The lowest BCUT2D eigenvalue weighted by Crippen LogP contribution is -2.39. The Morgan fingerprint density at radius 3 is 2.83 bits per heavy atom. The van der Waals surface area contributed by atoms with Gasteiger partial charge in [0.15, 0.2) is 0 Å². The summed E-state index contributed by atoms with van der Waals surface area (Å²) in [7, 11) is 0. The number of hydrogen-bond donors (Lipinski definition) is 1. The first-order chi connectivity index (χ1) is 14.2. The third kappa shape index (κ3) is 4.14. The maximum absolute atomic E-state index is 12.3. The third-order valence-electron chi connectivity index (χ3n) is 5.14. The number of aromatic nitrogens is 2. The molecule has 0 unspecified atom stereocenters. The summed E-state index contributed by atoms with van der Waals surface area (Å²) in [5.41, 5.74) is 1.83. The maximum Gasteiger partial charge on any atom is 0.280 e. The Labute approximate surface area is 168 Å². The Kier molecular flexibility index (Phi) is 5.57. The number of rotatable bonds is 6. The molecule has 0 atom stereocenters. The van der Waals surface area contributed by atoms with E-state index in [0.717, 1.165) is 35.8 Å².